The zero-order valence-electron chi connectivity index (χ0n) is 11.6. The summed E-state index contributed by atoms with van der Waals surface area (Å²) < 4.78 is 6.23. The number of ether oxygens (including phenoxy) is 1. The van der Waals surface area contributed by atoms with Crippen LogP contribution in [0.25, 0.3) is 0 Å². The molecule has 2 saturated heterocycles. The van der Waals surface area contributed by atoms with E-state index in [9.17, 15) is 9.59 Å². The highest BCUT2D eigenvalue weighted by Gasteiger charge is 2.39. The maximum Gasteiger partial charge on any atom is 0.245 e. The first-order valence-corrected chi connectivity index (χ1v) is 7.90. The molecule has 2 aliphatic rings. The van der Waals surface area contributed by atoms with Gasteiger partial charge in [-0.15, -0.1) is 0 Å². The van der Waals surface area contributed by atoms with Crippen molar-refractivity contribution in [3.63, 3.8) is 0 Å². The van der Waals surface area contributed by atoms with E-state index in [0.29, 0.717) is 39.1 Å². The predicted molar refractivity (Wildman–Crippen MR) is 82.0 cm³/mol. The first-order chi connectivity index (χ1) is 10.2. The van der Waals surface area contributed by atoms with Gasteiger partial charge in [0, 0.05) is 29.7 Å². The van der Waals surface area contributed by atoms with Crippen LogP contribution < -0.4 is 4.90 Å². The van der Waals surface area contributed by atoms with Crippen LogP contribution in [0.2, 0.25) is 0 Å². The molecule has 1 aromatic carbocycles. The quantitative estimate of drug-likeness (QED) is 0.815. The van der Waals surface area contributed by atoms with Gasteiger partial charge in [-0.05, 0) is 30.7 Å². The third-order valence-electron chi connectivity index (χ3n) is 3.92. The summed E-state index contributed by atoms with van der Waals surface area (Å²) in [5.41, 5.74) is 0.785. The first-order valence-electron chi connectivity index (χ1n) is 7.11. The minimum absolute atomic E-state index is 0.0175. The van der Waals surface area contributed by atoms with Crippen LogP contribution in [0.5, 0.6) is 0 Å². The molecule has 1 aromatic rings. The van der Waals surface area contributed by atoms with E-state index in [1.165, 1.54) is 0 Å². The summed E-state index contributed by atoms with van der Waals surface area (Å²) in [6.45, 7) is 2.37. The summed E-state index contributed by atoms with van der Waals surface area (Å²) in [4.78, 5) is 28.3. The zero-order chi connectivity index (χ0) is 14.8. The SMILES string of the molecule is O=C([C@@H]1CCC(=O)N1c1ccc(Br)cc1)N1CCOCC1. The highest BCUT2D eigenvalue weighted by atomic mass is 79.9. The Kier molecular flexibility index (Phi) is 4.26. The Labute approximate surface area is 132 Å². The van der Waals surface area contributed by atoms with Gasteiger partial charge in [0.05, 0.1) is 13.2 Å². The molecule has 1 atom stereocenters. The summed E-state index contributed by atoms with van der Waals surface area (Å²) >= 11 is 3.38. The van der Waals surface area contributed by atoms with Crippen molar-refractivity contribution >= 4 is 33.4 Å². The zero-order valence-corrected chi connectivity index (χ0v) is 13.2. The molecule has 5 nitrogen and oxygen atoms in total. The molecule has 0 bridgehead atoms. The van der Waals surface area contributed by atoms with E-state index in [0.717, 1.165) is 10.2 Å². The van der Waals surface area contributed by atoms with E-state index < -0.39 is 0 Å². The first kappa shape index (κ1) is 14.5. The second-order valence-electron chi connectivity index (χ2n) is 5.23. The minimum atomic E-state index is -0.378. The molecule has 0 N–H and O–H groups in total. The third-order valence-corrected chi connectivity index (χ3v) is 4.45. The van der Waals surface area contributed by atoms with Crippen LogP contribution in [0.1, 0.15) is 12.8 Å². The Balaban J connectivity index is 1.81. The Bertz CT molecular complexity index is 540. The molecule has 112 valence electrons. The van der Waals surface area contributed by atoms with E-state index in [2.05, 4.69) is 15.9 Å². The fourth-order valence-electron chi connectivity index (χ4n) is 2.84. The van der Waals surface area contributed by atoms with Gasteiger partial charge in [-0.2, -0.15) is 0 Å². The number of rotatable bonds is 2. The van der Waals surface area contributed by atoms with Gasteiger partial charge in [-0.1, -0.05) is 15.9 Å². The van der Waals surface area contributed by atoms with Crippen LogP contribution in [0.15, 0.2) is 28.7 Å². The molecular weight excluding hydrogens is 336 g/mol. The second kappa shape index (κ2) is 6.15. The Morgan fingerprint density at radius 1 is 1.19 bits per heavy atom. The van der Waals surface area contributed by atoms with Crippen molar-refractivity contribution in [2.24, 2.45) is 0 Å². The van der Waals surface area contributed by atoms with Crippen LogP contribution in [-0.4, -0.2) is 49.1 Å². The topological polar surface area (TPSA) is 49.9 Å². The fourth-order valence-corrected chi connectivity index (χ4v) is 3.10. The van der Waals surface area contributed by atoms with Crippen molar-refractivity contribution in [3.8, 4) is 0 Å². The maximum atomic E-state index is 12.7. The van der Waals surface area contributed by atoms with Crippen molar-refractivity contribution < 1.29 is 14.3 Å². The van der Waals surface area contributed by atoms with E-state index >= 15 is 0 Å². The normalized spacial score (nSPS) is 22.7. The summed E-state index contributed by atoms with van der Waals surface area (Å²) in [5, 5.41) is 0. The van der Waals surface area contributed by atoms with E-state index in [1.54, 1.807) is 9.80 Å². The number of morpholine rings is 1. The summed E-state index contributed by atoms with van der Waals surface area (Å²) in [7, 11) is 0. The summed E-state index contributed by atoms with van der Waals surface area (Å²) in [5.74, 6) is 0.0519. The molecule has 0 aromatic heterocycles. The Hall–Kier alpha value is -1.40. The van der Waals surface area contributed by atoms with Crippen LogP contribution in [-0.2, 0) is 14.3 Å². The standard InChI is InChI=1S/C15H17BrN2O3/c16-11-1-3-12(4-2-11)18-13(5-6-14(18)19)15(20)17-7-9-21-10-8-17/h1-4,13H,5-10H2/t13-/m0/s1. The molecule has 2 fully saturated rings. The van der Waals surface area contributed by atoms with Crippen LogP contribution in [0.4, 0.5) is 5.69 Å². The van der Waals surface area contributed by atoms with E-state index in [1.807, 2.05) is 24.3 Å². The monoisotopic (exact) mass is 352 g/mol. The van der Waals surface area contributed by atoms with E-state index in [-0.39, 0.29) is 17.9 Å². The Morgan fingerprint density at radius 2 is 1.86 bits per heavy atom. The van der Waals surface area contributed by atoms with Crippen molar-refractivity contribution in [2.45, 2.75) is 18.9 Å². The lowest BCUT2D eigenvalue weighted by Gasteiger charge is -2.32. The average molecular weight is 353 g/mol. The van der Waals surface area contributed by atoms with E-state index in [4.69, 9.17) is 4.74 Å². The largest absolute Gasteiger partial charge is 0.378 e. The lowest BCUT2D eigenvalue weighted by molar-refractivity contribution is -0.137. The lowest BCUT2D eigenvalue weighted by atomic mass is 10.1. The van der Waals surface area contributed by atoms with Crippen molar-refractivity contribution in [3.05, 3.63) is 28.7 Å². The van der Waals surface area contributed by atoms with Gasteiger partial charge in [0.1, 0.15) is 6.04 Å². The number of nitrogens with zero attached hydrogens (tertiary/aromatic N) is 2. The van der Waals surface area contributed by atoms with Gasteiger partial charge in [-0.3, -0.25) is 14.5 Å². The third kappa shape index (κ3) is 2.96. The smallest absolute Gasteiger partial charge is 0.245 e. The Morgan fingerprint density at radius 3 is 2.52 bits per heavy atom. The molecule has 2 amide bonds. The van der Waals surface area contributed by atoms with Gasteiger partial charge < -0.3 is 9.64 Å². The van der Waals surface area contributed by atoms with Gasteiger partial charge >= 0.3 is 0 Å². The van der Waals surface area contributed by atoms with Crippen molar-refractivity contribution in [2.75, 3.05) is 31.2 Å². The maximum absolute atomic E-state index is 12.7. The summed E-state index contributed by atoms with van der Waals surface area (Å²) in [6, 6.07) is 7.13. The number of amides is 2. The van der Waals surface area contributed by atoms with Gasteiger partial charge in [0.2, 0.25) is 11.8 Å². The molecule has 0 spiro atoms. The van der Waals surface area contributed by atoms with Crippen LogP contribution in [0, 0.1) is 0 Å². The molecule has 0 radical (unpaired) electrons. The van der Waals surface area contributed by atoms with Crippen LogP contribution in [0.3, 0.4) is 0 Å². The molecular formula is C15H17BrN2O3. The fraction of sp³-hybridized carbons (Fsp3) is 0.467. The van der Waals surface area contributed by atoms with Gasteiger partial charge in [0.15, 0.2) is 0 Å². The molecule has 3 rings (SSSR count). The molecule has 6 heteroatoms. The molecule has 21 heavy (non-hydrogen) atoms. The average Bonchev–Trinajstić information content (AvgIpc) is 2.90. The van der Waals surface area contributed by atoms with Crippen LogP contribution >= 0.6 is 15.9 Å². The highest BCUT2D eigenvalue weighted by Crippen LogP contribution is 2.29. The number of anilines is 1. The minimum Gasteiger partial charge on any atom is -0.378 e. The second-order valence-corrected chi connectivity index (χ2v) is 6.15. The predicted octanol–water partition coefficient (Wildman–Crippen LogP) is 1.80. The van der Waals surface area contributed by atoms with Gasteiger partial charge in [0.25, 0.3) is 0 Å². The molecule has 0 unspecified atom stereocenters. The number of benzene rings is 1. The van der Waals surface area contributed by atoms with Crippen molar-refractivity contribution in [1.82, 2.24) is 4.90 Å². The number of hydrogen-bond donors (Lipinski definition) is 0. The number of carbonyl (C=O) groups excluding carboxylic acids is 2. The highest BCUT2D eigenvalue weighted by molar-refractivity contribution is 9.10. The van der Waals surface area contributed by atoms with Crippen molar-refractivity contribution in [1.29, 1.82) is 0 Å². The summed E-state index contributed by atoms with van der Waals surface area (Å²) in [6.07, 6.45) is 1.02. The molecule has 0 saturated carbocycles. The molecule has 2 heterocycles. The molecule has 2 aliphatic heterocycles. The number of halogens is 1. The number of hydrogen-bond acceptors (Lipinski definition) is 3. The molecule has 0 aliphatic carbocycles. The lowest BCUT2D eigenvalue weighted by Crippen LogP contribution is -2.50. The number of carbonyl (C=O) groups is 2. The van der Waals surface area contributed by atoms with Gasteiger partial charge in [-0.25, -0.2) is 0 Å².